The van der Waals surface area contributed by atoms with Crippen LogP contribution in [0, 0.1) is 0 Å². The van der Waals surface area contributed by atoms with Crippen LogP contribution in [-0.2, 0) is 4.74 Å². The second-order valence-corrected chi connectivity index (χ2v) is 5.16. The summed E-state index contributed by atoms with van der Waals surface area (Å²) >= 11 is 0. The number of ether oxygens (including phenoxy) is 1. The zero-order valence-electron chi connectivity index (χ0n) is 10.9. The van der Waals surface area contributed by atoms with Crippen LogP contribution in [0.15, 0.2) is 0 Å². The second kappa shape index (κ2) is 5.13. The minimum Gasteiger partial charge on any atom is -0.381 e. The molecule has 1 aliphatic rings. The standard InChI is InChI=1S/C10H21NO.C2H6/c1-9(2)6-8(12-5)7-10(3,4)11-9;1-2/h8,11H,6-7H2,1-5H3;1-2H3. The van der Waals surface area contributed by atoms with Crippen LogP contribution >= 0.6 is 0 Å². The number of piperidine rings is 1. The Morgan fingerprint density at radius 1 is 1.00 bits per heavy atom. The van der Waals surface area contributed by atoms with Gasteiger partial charge in [-0.3, -0.25) is 0 Å². The Balaban J connectivity index is 0.000000791. The van der Waals surface area contributed by atoms with Gasteiger partial charge in [-0.05, 0) is 40.5 Å². The normalized spacial score (nSPS) is 25.1. The first-order valence-electron chi connectivity index (χ1n) is 5.67. The number of hydrogen-bond donors (Lipinski definition) is 1. The Labute approximate surface area is 89.4 Å². The fraction of sp³-hybridized carbons (Fsp3) is 1.00. The summed E-state index contributed by atoms with van der Waals surface area (Å²) in [5.41, 5.74) is 0.421. The van der Waals surface area contributed by atoms with Gasteiger partial charge in [0.25, 0.3) is 0 Å². The first kappa shape index (κ1) is 13.9. The fourth-order valence-corrected chi connectivity index (χ4v) is 2.40. The summed E-state index contributed by atoms with van der Waals surface area (Å²) in [6, 6.07) is 0. The Kier molecular flexibility index (Phi) is 5.10. The minimum atomic E-state index is 0.211. The highest BCUT2D eigenvalue weighted by atomic mass is 16.5. The van der Waals surface area contributed by atoms with E-state index in [1.165, 1.54) is 0 Å². The molecule has 0 aromatic heterocycles. The summed E-state index contributed by atoms with van der Waals surface area (Å²) < 4.78 is 5.42. The van der Waals surface area contributed by atoms with Crippen molar-refractivity contribution in [2.45, 2.75) is 71.6 Å². The van der Waals surface area contributed by atoms with Gasteiger partial charge in [0.1, 0.15) is 0 Å². The van der Waals surface area contributed by atoms with E-state index in [1.54, 1.807) is 0 Å². The van der Waals surface area contributed by atoms with Crippen LogP contribution in [0.2, 0.25) is 0 Å². The second-order valence-electron chi connectivity index (χ2n) is 5.16. The molecule has 1 saturated heterocycles. The third-order valence-corrected chi connectivity index (χ3v) is 2.49. The lowest BCUT2D eigenvalue weighted by Gasteiger charge is -2.45. The molecule has 1 rings (SSSR count). The van der Waals surface area contributed by atoms with E-state index in [9.17, 15) is 0 Å². The molecule has 1 fully saturated rings. The first-order chi connectivity index (χ1) is 6.35. The molecular formula is C12H27NO. The third-order valence-electron chi connectivity index (χ3n) is 2.49. The molecule has 0 aliphatic carbocycles. The average molecular weight is 201 g/mol. The van der Waals surface area contributed by atoms with Gasteiger partial charge < -0.3 is 10.1 Å². The van der Waals surface area contributed by atoms with Gasteiger partial charge in [-0.2, -0.15) is 0 Å². The summed E-state index contributed by atoms with van der Waals surface area (Å²) in [6.45, 7) is 12.9. The van der Waals surface area contributed by atoms with E-state index in [1.807, 2.05) is 21.0 Å². The van der Waals surface area contributed by atoms with Gasteiger partial charge in [0.05, 0.1) is 6.10 Å². The highest BCUT2D eigenvalue weighted by Gasteiger charge is 2.37. The summed E-state index contributed by atoms with van der Waals surface area (Å²) in [6.07, 6.45) is 2.62. The molecule has 1 N–H and O–H groups in total. The van der Waals surface area contributed by atoms with E-state index in [4.69, 9.17) is 4.74 Å². The van der Waals surface area contributed by atoms with Gasteiger partial charge in [0, 0.05) is 18.2 Å². The largest absolute Gasteiger partial charge is 0.381 e. The van der Waals surface area contributed by atoms with E-state index >= 15 is 0 Å². The van der Waals surface area contributed by atoms with Crippen molar-refractivity contribution >= 4 is 0 Å². The molecule has 0 amide bonds. The molecule has 1 aliphatic heterocycles. The van der Waals surface area contributed by atoms with Crippen molar-refractivity contribution in [3.8, 4) is 0 Å². The van der Waals surface area contributed by atoms with Crippen molar-refractivity contribution in [1.82, 2.24) is 5.32 Å². The highest BCUT2D eigenvalue weighted by Crippen LogP contribution is 2.29. The summed E-state index contributed by atoms with van der Waals surface area (Å²) in [5.74, 6) is 0. The molecule has 0 saturated carbocycles. The van der Waals surface area contributed by atoms with E-state index in [0.717, 1.165) is 12.8 Å². The van der Waals surface area contributed by atoms with Crippen LogP contribution in [0.1, 0.15) is 54.4 Å². The van der Waals surface area contributed by atoms with Crippen LogP contribution in [-0.4, -0.2) is 24.3 Å². The Hall–Kier alpha value is -0.0800. The summed E-state index contributed by atoms with van der Waals surface area (Å²) in [5, 5.41) is 3.62. The molecule has 14 heavy (non-hydrogen) atoms. The molecule has 0 atom stereocenters. The van der Waals surface area contributed by atoms with Crippen molar-refractivity contribution < 1.29 is 4.74 Å². The number of rotatable bonds is 1. The molecule has 0 radical (unpaired) electrons. The van der Waals surface area contributed by atoms with Crippen LogP contribution in [0.25, 0.3) is 0 Å². The molecule has 1 heterocycles. The van der Waals surface area contributed by atoms with Crippen molar-refractivity contribution in [1.29, 1.82) is 0 Å². The van der Waals surface area contributed by atoms with E-state index < -0.39 is 0 Å². The van der Waals surface area contributed by atoms with E-state index in [-0.39, 0.29) is 11.1 Å². The smallest absolute Gasteiger partial charge is 0.0606 e. The van der Waals surface area contributed by atoms with Gasteiger partial charge in [-0.1, -0.05) is 13.8 Å². The van der Waals surface area contributed by atoms with Crippen molar-refractivity contribution in [3.05, 3.63) is 0 Å². The lowest BCUT2D eigenvalue weighted by atomic mass is 9.81. The fourth-order valence-electron chi connectivity index (χ4n) is 2.40. The maximum Gasteiger partial charge on any atom is 0.0606 e. The van der Waals surface area contributed by atoms with Gasteiger partial charge in [-0.15, -0.1) is 0 Å². The molecule has 0 bridgehead atoms. The van der Waals surface area contributed by atoms with Crippen LogP contribution in [0.5, 0.6) is 0 Å². The van der Waals surface area contributed by atoms with Crippen LogP contribution in [0.4, 0.5) is 0 Å². The Morgan fingerprint density at radius 2 is 1.36 bits per heavy atom. The molecule has 86 valence electrons. The Bertz CT molecular complexity index is 148. The monoisotopic (exact) mass is 201 g/mol. The van der Waals surface area contributed by atoms with Crippen molar-refractivity contribution in [2.24, 2.45) is 0 Å². The predicted octanol–water partition coefficient (Wildman–Crippen LogP) is 2.97. The molecule has 2 nitrogen and oxygen atoms in total. The number of methoxy groups -OCH3 is 1. The maximum absolute atomic E-state index is 5.42. The number of nitrogens with one attached hydrogen (secondary N) is 1. The highest BCUT2D eigenvalue weighted by molar-refractivity contribution is 4.97. The predicted molar refractivity (Wildman–Crippen MR) is 62.7 cm³/mol. The van der Waals surface area contributed by atoms with Gasteiger partial charge in [0.15, 0.2) is 0 Å². The lowest BCUT2D eigenvalue weighted by Crippen LogP contribution is -2.59. The third kappa shape index (κ3) is 4.43. The van der Waals surface area contributed by atoms with E-state index in [2.05, 4.69) is 33.0 Å². The zero-order valence-corrected chi connectivity index (χ0v) is 10.9. The average Bonchev–Trinajstić information content (AvgIpc) is 2.02. The molecular weight excluding hydrogens is 174 g/mol. The minimum absolute atomic E-state index is 0.211. The van der Waals surface area contributed by atoms with Gasteiger partial charge in [-0.25, -0.2) is 0 Å². The summed E-state index contributed by atoms with van der Waals surface area (Å²) in [4.78, 5) is 0. The molecule has 0 aromatic rings. The quantitative estimate of drug-likeness (QED) is 0.704. The van der Waals surface area contributed by atoms with Crippen LogP contribution in [0.3, 0.4) is 0 Å². The maximum atomic E-state index is 5.42. The number of hydrogen-bond acceptors (Lipinski definition) is 2. The van der Waals surface area contributed by atoms with Crippen LogP contribution < -0.4 is 5.32 Å². The summed E-state index contributed by atoms with van der Waals surface area (Å²) in [7, 11) is 1.81. The van der Waals surface area contributed by atoms with E-state index in [0.29, 0.717) is 6.10 Å². The molecule has 2 heteroatoms. The molecule has 0 spiro atoms. The van der Waals surface area contributed by atoms with Crippen molar-refractivity contribution in [2.75, 3.05) is 7.11 Å². The van der Waals surface area contributed by atoms with Gasteiger partial charge in [0.2, 0.25) is 0 Å². The SMILES string of the molecule is CC.COC1CC(C)(C)NC(C)(C)C1. The Morgan fingerprint density at radius 3 is 1.64 bits per heavy atom. The van der Waals surface area contributed by atoms with Crippen molar-refractivity contribution in [3.63, 3.8) is 0 Å². The molecule has 0 unspecified atom stereocenters. The topological polar surface area (TPSA) is 21.3 Å². The first-order valence-corrected chi connectivity index (χ1v) is 5.67. The lowest BCUT2D eigenvalue weighted by molar-refractivity contribution is 0.00597. The van der Waals surface area contributed by atoms with Gasteiger partial charge >= 0.3 is 0 Å². The zero-order chi connectivity index (χ0) is 11.4. The molecule has 0 aromatic carbocycles.